The van der Waals surface area contributed by atoms with E-state index in [1.54, 1.807) is 6.92 Å². The van der Waals surface area contributed by atoms with Gasteiger partial charge in [-0.2, -0.15) is 6.92 Å². The summed E-state index contributed by atoms with van der Waals surface area (Å²) in [4.78, 5) is 10.4. The van der Waals surface area contributed by atoms with Gasteiger partial charge in [-0.05, 0) is 43.0 Å². The number of halogens is 1. The van der Waals surface area contributed by atoms with Crippen molar-refractivity contribution in [3.05, 3.63) is 78.7 Å². The van der Waals surface area contributed by atoms with Crippen molar-refractivity contribution in [2.45, 2.75) is 26.4 Å². The number of ether oxygens (including phenoxy) is 2. The van der Waals surface area contributed by atoms with Crippen molar-refractivity contribution in [3.8, 4) is 72.6 Å². The Morgan fingerprint density at radius 1 is 0.800 bits per heavy atom. The molecular formula is C34H33BrMgO4. The van der Waals surface area contributed by atoms with Gasteiger partial charge in [0.2, 0.25) is 5.78 Å². The van der Waals surface area contributed by atoms with Crippen LogP contribution in [0.5, 0.6) is 0 Å². The van der Waals surface area contributed by atoms with E-state index in [4.69, 9.17) is 24.0 Å². The third-order valence-electron chi connectivity index (χ3n) is 3.44. The molecule has 0 spiro atoms. The van der Waals surface area contributed by atoms with Crippen molar-refractivity contribution in [1.82, 2.24) is 0 Å². The van der Waals surface area contributed by atoms with E-state index in [1.807, 2.05) is 60.7 Å². The number of benzene rings is 2. The number of hydrogen-bond donors (Lipinski definition) is 1. The predicted octanol–water partition coefficient (Wildman–Crippen LogP) is 0.802. The van der Waals surface area contributed by atoms with Gasteiger partial charge in [0, 0.05) is 18.1 Å². The van der Waals surface area contributed by atoms with Gasteiger partial charge in [-0.1, -0.05) is 77.8 Å². The maximum atomic E-state index is 10.4. The summed E-state index contributed by atoms with van der Waals surface area (Å²) in [6, 6.07) is 18.9. The number of rotatable bonds is 4. The summed E-state index contributed by atoms with van der Waals surface area (Å²) in [5, 5.41) is 9.89. The molecule has 2 aromatic carbocycles. The summed E-state index contributed by atoms with van der Waals surface area (Å²) in [6.45, 7) is 9.02. The summed E-state index contributed by atoms with van der Waals surface area (Å²) < 4.78 is 9.63. The van der Waals surface area contributed by atoms with Crippen LogP contribution < -0.4 is 17.0 Å². The molecule has 0 bridgehead atoms. The minimum Gasteiger partial charge on any atom is -1.00 e. The molecule has 2 aromatic rings. The average molecular weight is 610 g/mol. The van der Waals surface area contributed by atoms with E-state index in [-0.39, 0.29) is 59.0 Å². The molecule has 0 radical (unpaired) electrons. The summed E-state index contributed by atoms with van der Waals surface area (Å²) in [6.07, 6.45) is 14.7. The van der Waals surface area contributed by atoms with Crippen LogP contribution in [0.3, 0.4) is 0 Å². The molecule has 1 unspecified atom stereocenters. The van der Waals surface area contributed by atoms with Crippen LogP contribution in [0.15, 0.2) is 60.7 Å². The summed E-state index contributed by atoms with van der Waals surface area (Å²) in [5.74, 6) is 22.9. The van der Waals surface area contributed by atoms with Crippen molar-refractivity contribution in [2.24, 2.45) is 0 Å². The second kappa shape index (κ2) is 31.8. The maximum absolute atomic E-state index is 10.4. The molecule has 0 aliphatic carbocycles. The van der Waals surface area contributed by atoms with Gasteiger partial charge in [0.25, 0.3) is 0 Å². The van der Waals surface area contributed by atoms with Crippen molar-refractivity contribution in [2.75, 3.05) is 26.4 Å². The number of hydrogen-bond acceptors (Lipinski definition) is 4. The molecule has 0 amide bonds. The fourth-order valence-corrected chi connectivity index (χ4v) is 1.97. The fraction of sp³-hybridized carbons (Fsp3) is 0.235. The predicted molar refractivity (Wildman–Crippen MR) is 161 cm³/mol. The first kappa shape index (κ1) is 43.6. The van der Waals surface area contributed by atoms with Gasteiger partial charge in [-0.25, -0.2) is 0 Å². The number of Topliss-reactive ketones (excluding diaryl/α,β-unsaturated/α-hetero) is 1. The van der Waals surface area contributed by atoms with Crippen LogP contribution in [-0.4, -0.2) is 66.0 Å². The second-order valence-electron chi connectivity index (χ2n) is 6.76. The number of aliphatic hydroxyl groups is 1. The molecule has 0 aliphatic heterocycles. The third kappa shape index (κ3) is 30.8. The van der Waals surface area contributed by atoms with Gasteiger partial charge < -0.3 is 38.5 Å². The Kier molecular flexibility index (Phi) is 34.7. The Balaban J connectivity index is -0.000000253. The molecule has 0 fully saturated rings. The molecular weight excluding hydrogens is 577 g/mol. The van der Waals surface area contributed by atoms with Gasteiger partial charge in [-0.15, -0.1) is 19.3 Å². The molecule has 0 saturated carbocycles. The summed E-state index contributed by atoms with van der Waals surface area (Å²) in [7, 11) is 0. The molecule has 1 N–H and O–H groups in total. The Morgan fingerprint density at radius 3 is 1.60 bits per heavy atom. The van der Waals surface area contributed by atoms with Gasteiger partial charge in [0.05, 0.1) is 0 Å². The van der Waals surface area contributed by atoms with Crippen molar-refractivity contribution >= 4 is 28.8 Å². The molecule has 1 atom stereocenters. The normalized spacial score (nSPS) is 8.95. The van der Waals surface area contributed by atoms with Crippen molar-refractivity contribution in [3.63, 3.8) is 0 Å². The van der Waals surface area contributed by atoms with E-state index in [2.05, 4.69) is 64.9 Å². The maximum Gasteiger partial charge on any atom is 2.00 e. The first-order chi connectivity index (χ1) is 18.3. The fourth-order valence-electron chi connectivity index (χ4n) is 1.97. The zero-order valence-corrected chi connectivity index (χ0v) is 26.3. The van der Waals surface area contributed by atoms with Gasteiger partial charge >= 0.3 is 23.1 Å². The first-order valence-electron chi connectivity index (χ1n) is 11.4. The van der Waals surface area contributed by atoms with Crippen molar-refractivity contribution in [1.29, 1.82) is 0 Å². The molecule has 0 saturated heterocycles. The molecule has 0 aliphatic rings. The number of terminal acetylenes is 3. The van der Waals surface area contributed by atoms with E-state index in [0.29, 0.717) is 13.2 Å². The van der Waals surface area contributed by atoms with Crippen LogP contribution in [0.1, 0.15) is 31.9 Å². The second-order valence-corrected chi connectivity index (χ2v) is 6.76. The van der Waals surface area contributed by atoms with Crippen molar-refractivity contribution < 1.29 is 36.4 Å². The minimum atomic E-state index is -1.35. The van der Waals surface area contributed by atoms with Crippen LogP contribution in [0.25, 0.3) is 0 Å². The average Bonchev–Trinajstić information content (AvgIpc) is 2.94. The quantitative estimate of drug-likeness (QED) is 0.241. The number of carbonyl (C=O) groups excluding carboxylic acids is 1. The van der Waals surface area contributed by atoms with Crippen LogP contribution in [0.2, 0.25) is 0 Å². The molecule has 40 heavy (non-hydrogen) atoms. The zero-order valence-electron chi connectivity index (χ0n) is 23.3. The van der Waals surface area contributed by atoms with Crippen LogP contribution in [0.4, 0.5) is 0 Å². The van der Waals surface area contributed by atoms with Crippen LogP contribution in [-0.2, 0) is 14.3 Å². The Bertz CT molecular complexity index is 1220. The number of ketones is 1. The monoisotopic (exact) mass is 608 g/mol. The van der Waals surface area contributed by atoms with E-state index in [9.17, 15) is 9.90 Å². The van der Waals surface area contributed by atoms with Gasteiger partial charge in [0.15, 0.2) is 5.60 Å². The third-order valence-corrected chi connectivity index (χ3v) is 3.44. The standard InChI is InChI=1S/C16H14O2.C10H8O.C6H6O.C2H5.BrH.Mg/c1-3-13-18-14-7-11-16(2,17)12-10-15-8-5-4-6-9-15;1-9(11)7-8-10-5-3-2-4-6-10;1-3-5-7-6-4-2;1-2;;/h1,4-6,8-9,17H,13-14H2,2H3;2-6H,1H3;1-2H,5-6H2;1H2,2H3;1H;/q;;;-1;;+2/p-1. The Hall–Kier alpha value is -3.40. The van der Waals surface area contributed by atoms with Gasteiger partial charge in [-0.3, -0.25) is 4.79 Å². The molecule has 2 rings (SSSR count). The van der Waals surface area contributed by atoms with Gasteiger partial charge in [0.1, 0.15) is 26.4 Å². The zero-order chi connectivity index (χ0) is 28.9. The van der Waals surface area contributed by atoms with E-state index >= 15 is 0 Å². The van der Waals surface area contributed by atoms with E-state index in [0.717, 1.165) is 11.1 Å². The smallest absolute Gasteiger partial charge is 1.00 e. The Morgan fingerprint density at radius 2 is 1.20 bits per heavy atom. The molecule has 0 aromatic heterocycles. The van der Waals surface area contributed by atoms with E-state index < -0.39 is 5.60 Å². The first-order valence-corrected chi connectivity index (χ1v) is 11.4. The van der Waals surface area contributed by atoms with E-state index in [1.165, 1.54) is 13.8 Å². The summed E-state index contributed by atoms with van der Waals surface area (Å²) >= 11 is 0. The molecule has 4 nitrogen and oxygen atoms in total. The topological polar surface area (TPSA) is 55.8 Å². The molecule has 0 heterocycles. The minimum absolute atomic E-state index is 0. The Labute approximate surface area is 267 Å². The summed E-state index contributed by atoms with van der Waals surface area (Å²) in [5.41, 5.74) is 0.362. The number of carbonyl (C=O) groups is 1. The molecule has 6 heteroatoms. The molecule has 202 valence electrons. The van der Waals surface area contributed by atoms with Crippen LogP contribution in [0, 0.1) is 79.5 Å². The SMILES string of the molecule is C#CCOCC#C.C#CCOCC#CC(C)(O)C#Cc1ccccc1.CC(=O)C#Cc1ccccc1.[Br-].[CH2-]C.[Mg+2]. The van der Waals surface area contributed by atoms with Crippen LogP contribution >= 0.6 is 0 Å². The largest absolute Gasteiger partial charge is 2.00 e.